The predicted octanol–water partition coefficient (Wildman–Crippen LogP) is 0.344. The fourth-order valence-electron chi connectivity index (χ4n) is 1.65. The smallest absolute Gasteiger partial charge is 0.182 e. The molecule has 0 saturated carbocycles. The van der Waals surface area contributed by atoms with Crippen LogP contribution in [0, 0.1) is 6.92 Å². The molecule has 0 aromatic carbocycles. The second kappa shape index (κ2) is 3.94. The number of nitrogens with one attached hydrogen (secondary N) is 2. The maximum absolute atomic E-state index is 11.3. The van der Waals surface area contributed by atoms with E-state index in [1.54, 1.807) is 12.1 Å². The zero-order valence-electron chi connectivity index (χ0n) is 8.17. The highest BCUT2D eigenvalue weighted by Gasteiger charge is 2.16. The molecule has 2 heterocycles. The summed E-state index contributed by atoms with van der Waals surface area (Å²) in [6.45, 7) is 4.22. The third-order valence-corrected chi connectivity index (χ3v) is 2.27. The summed E-state index contributed by atoms with van der Waals surface area (Å²) in [6.07, 6.45) is -0.0173. The van der Waals surface area contributed by atoms with Gasteiger partial charge in [0.1, 0.15) is 6.10 Å². The van der Waals surface area contributed by atoms with Crippen LogP contribution in [0.15, 0.2) is 16.9 Å². The molecule has 2 N–H and O–H groups in total. The second-order valence-electron chi connectivity index (χ2n) is 3.52. The van der Waals surface area contributed by atoms with Crippen molar-refractivity contribution in [2.45, 2.75) is 13.0 Å². The standard InChI is InChI=1S/C10H14N2O2/c1-7-4-8(13)5-9(12-7)10-6-11-2-3-14-10/h4-5,10-11H,2-3,6H2,1H3,(H,12,13)/t10-/m1/s1. The summed E-state index contributed by atoms with van der Waals surface area (Å²) >= 11 is 0. The van der Waals surface area contributed by atoms with E-state index in [1.807, 2.05) is 6.92 Å². The topological polar surface area (TPSA) is 54.1 Å². The van der Waals surface area contributed by atoms with Crippen molar-refractivity contribution in [3.05, 3.63) is 33.7 Å². The van der Waals surface area contributed by atoms with Gasteiger partial charge in [0.25, 0.3) is 0 Å². The maximum atomic E-state index is 11.3. The third-order valence-electron chi connectivity index (χ3n) is 2.27. The molecule has 0 bridgehead atoms. The lowest BCUT2D eigenvalue weighted by Gasteiger charge is -2.23. The van der Waals surface area contributed by atoms with E-state index in [9.17, 15) is 4.79 Å². The number of H-pyrrole nitrogens is 1. The highest BCUT2D eigenvalue weighted by atomic mass is 16.5. The van der Waals surface area contributed by atoms with Crippen LogP contribution >= 0.6 is 0 Å². The molecule has 2 rings (SSSR count). The zero-order chi connectivity index (χ0) is 9.97. The fourth-order valence-corrected chi connectivity index (χ4v) is 1.65. The maximum Gasteiger partial charge on any atom is 0.182 e. The van der Waals surface area contributed by atoms with Crippen molar-refractivity contribution < 1.29 is 4.74 Å². The lowest BCUT2D eigenvalue weighted by Crippen LogP contribution is -2.34. The molecular weight excluding hydrogens is 180 g/mol. The van der Waals surface area contributed by atoms with Gasteiger partial charge in [0, 0.05) is 36.6 Å². The average molecular weight is 194 g/mol. The van der Waals surface area contributed by atoms with Crippen LogP contribution in [-0.2, 0) is 4.74 Å². The van der Waals surface area contributed by atoms with Crippen molar-refractivity contribution in [2.75, 3.05) is 19.7 Å². The molecule has 1 saturated heterocycles. The second-order valence-corrected chi connectivity index (χ2v) is 3.52. The Balaban J connectivity index is 2.26. The van der Waals surface area contributed by atoms with Crippen LogP contribution in [0.1, 0.15) is 17.5 Å². The van der Waals surface area contributed by atoms with Gasteiger partial charge in [-0.25, -0.2) is 0 Å². The Morgan fingerprint density at radius 3 is 3.00 bits per heavy atom. The molecule has 76 valence electrons. The number of ether oxygens (including phenoxy) is 1. The first-order valence-electron chi connectivity index (χ1n) is 4.79. The Morgan fingerprint density at radius 1 is 1.50 bits per heavy atom. The molecule has 0 aliphatic carbocycles. The van der Waals surface area contributed by atoms with Gasteiger partial charge in [0.05, 0.1) is 6.61 Å². The highest BCUT2D eigenvalue weighted by molar-refractivity contribution is 5.13. The predicted molar refractivity (Wildman–Crippen MR) is 53.4 cm³/mol. The van der Waals surface area contributed by atoms with Gasteiger partial charge in [-0.05, 0) is 6.92 Å². The van der Waals surface area contributed by atoms with E-state index in [0.717, 1.165) is 24.5 Å². The van der Waals surface area contributed by atoms with Gasteiger partial charge in [0.2, 0.25) is 0 Å². The molecule has 0 spiro atoms. The van der Waals surface area contributed by atoms with Gasteiger partial charge in [0.15, 0.2) is 5.43 Å². The number of rotatable bonds is 1. The van der Waals surface area contributed by atoms with Crippen molar-refractivity contribution in [2.24, 2.45) is 0 Å². The van der Waals surface area contributed by atoms with E-state index in [0.29, 0.717) is 6.61 Å². The van der Waals surface area contributed by atoms with E-state index in [2.05, 4.69) is 10.3 Å². The molecule has 0 radical (unpaired) electrons. The number of aryl methyl sites for hydroxylation is 1. The molecule has 4 nitrogen and oxygen atoms in total. The number of morpholine rings is 1. The molecule has 4 heteroatoms. The van der Waals surface area contributed by atoms with Crippen LogP contribution in [0.4, 0.5) is 0 Å². The minimum absolute atomic E-state index is 0.0173. The molecule has 1 aliphatic heterocycles. The number of aromatic nitrogens is 1. The van der Waals surface area contributed by atoms with Gasteiger partial charge in [-0.3, -0.25) is 4.79 Å². The lowest BCUT2D eigenvalue weighted by molar-refractivity contribution is 0.0249. The molecular formula is C10H14N2O2. The van der Waals surface area contributed by atoms with E-state index < -0.39 is 0 Å². The summed E-state index contributed by atoms with van der Waals surface area (Å²) in [5.74, 6) is 0. The van der Waals surface area contributed by atoms with Crippen molar-refractivity contribution in [3.63, 3.8) is 0 Å². The zero-order valence-corrected chi connectivity index (χ0v) is 8.17. The van der Waals surface area contributed by atoms with Crippen LogP contribution in [0.2, 0.25) is 0 Å². The highest BCUT2D eigenvalue weighted by Crippen LogP contribution is 2.14. The first-order valence-corrected chi connectivity index (χ1v) is 4.79. The Labute approximate surface area is 82.3 Å². The Kier molecular flexibility index (Phi) is 2.65. The summed E-state index contributed by atoms with van der Waals surface area (Å²) < 4.78 is 5.54. The molecule has 1 aromatic heterocycles. The van der Waals surface area contributed by atoms with Crippen LogP contribution < -0.4 is 10.7 Å². The molecule has 0 amide bonds. The number of hydrogen-bond donors (Lipinski definition) is 2. The molecule has 1 aliphatic rings. The van der Waals surface area contributed by atoms with Gasteiger partial charge in [-0.1, -0.05) is 0 Å². The summed E-state index contributed by atoms with van der Waals surface area (Å²) in [5, 5.41) is 3.23. The third kappa shape index (κ3) is 2.02. The van der Waals surface area contributed by atoms with Crippen LogP contribution in [0.5, 0.6) is 0 Å². The van der Waals surface area contributed by atoms with E-state index in [1.165, 1.54) is 0 Å². The van der Waals surface area contributed by atoms with Crippen LogP contribution in [-0.4, -0.2) is 24.7 Å². The first-order chi connectivity index (χ1) is 6.75. The Bertz CT molecular complexity index is 367. The summed E-state index contributed by atoms with van der Waals surface area (Å²) in [4.78, 5) is 14.4. The van der Waals surface area contributed by atoms with Crippen LogP contribution in [0.3, 0.4) is 0 Å². The molecule has 14 heavy (non-hydrogen) atoms. The summed E-state index contributed by atoms with van der Waals surface area (Å²) in [7, 11) is 0. The van der Waals surface area contributed by atoms with Gasteiger partial charge in [-0.15, -0.1) is 0 Å². The van der Waals surface area contributed by atoms with Crippen molar-refractivity contribution in [1.82, 2.24) is 10.3 Å². The molecule has 1 atom stereocenters. The van der Waals surface area contributed by atoms with Crippen molar-refractivity contribution in [3.8, 4) is 0 Å². The summed E-state index contributed by atoms with van der Waals surface area (Å²) in [6, 6.07) is 3.18. The van der Waals surface area contributed by atoms with Crippen molar-refractivity contribution >= 4 is 0 Å². The van der Waals surface area contributed by atoms with Crippen LogP contribution in [0.25, 0.3) is 0 Å². The Hall–Kier alpha value is -1.13. The molecule has 1 aromatic rings. The van der Waals surface area contributed by atoms with Gasteiger partial charge in [-0.2, -0.15) is 0 Å². The first kappa shape index (κ1) is 9.43. The minimum Gasteiger partial charge on any atom is -0.369 e. The summed E-state index contributed by atoms with van der Waals surface area (Å²) in [5.41, 5.74) is 1.77. The normalized spacial score (nSPS) is 22.2. The van der Waals surface area contributed by atoms with Gasteiger partial charge >= 0.3 is 0 Å². The number of hydrogen-bond acceptors (Lipinski definition) is 3. The van der Waals surface area contributed by atoms with Gasteiger partial charge < -0.3 is 15.0 Å². The van der Waals surface area contributed by atoms with E-state index >= 15 is 0 Å². The van der Waals surface area contributed by atoms with Crippen molar-refractivity contribution in [1.29, 1.82) is 0 Å². The Morgan fingerprint density at radius 2 is 2.36 bits per heavy atom. The lowest BCUT2D eigenvalue weighted by atomic mass is 10.2. The number of aromatic amines is 1. The quantitative estimate of drug-likeness (QED) is 0.678. The molecule has 1 fully saturated rings. The van der Waals surface area contributed by atoms with E-state index in [-0.39, 0.29) is 11.5 Å². The largest absolute Gasteiger partial charge is 0.369 e. The monoisotopic (exact) mass is 194 g/mol. The molecule has 0 unspecified atom stereocenters. The van der Waals surface area contributed by atoms with E-state index in [4.69, 9.17) is 4.74 Å². The fraction of sp³-hybridized carbons (Fsp3) is 0.500. The average Bonchev–Trinajstić information content (AvgIpc) is 2.18. The SMILES string of the molecule is Cc1cc(=O)cc([C@H]2CNCCO2)[nH]1. The minimum atomic E-state index is -0.0173. The number of pyridine rings is 1.